The van der Waals surface area contributed by atoms with Crippen molar-refractivity contribution in [3.05, 3.63) is 60.2 Å². The van der Waals surface area contributed by atoms with Crippen LogP contribution in [0.5, 0.6) is 5.75 Å². The fourth-order valence-electron chi connectivity index (χ4n) is 2.88. The van der Waals surface area contributed by atoms with Gasteiger partial charge in [0.1, 0.15) is 12.4 Å². The molecule has 3 rings (SSSR count). The van der Waals surface area contributed by atoms with Gasteiger partial charge >= 0.3 is 0 Å². The number of hydrogen-bond acceptors (Lipinski definition) is 4. The molecule has 0 spiro atoms. The Morgan fingerprint density at radius 2 is 1.92 bits per heavy atom. The lowest BCUT2D eigenvalue weighted by Gasteiger charge is -2.12. The van der Waals surface area contributed by atoms with Crippen LogP contribution in [0.3, 0.4) is 0 Å². The first-order valence-corrected chi connectivity index (χ1v) is 9.18. The van der Waals surface area contributed by atoms with Gasteiger partial charge in [-0.1, -0.05) is 30.3 Å². The van der Waals surface area contributed by atoms with E-state index in [0.717, 1.165) is 43.9 Å². The molecule has 2 aromatic rings. The van der Waals surface area contributed by atoms with Crippen LogP contribution in [0.2, 0.25) is 0 Å². The molecule has 5 heteroatoms. The first kappa shape index (κ1) is 18.4. The zero-order valence-corrected chi connectivity index (χ0v) is 14.9. The minimum atomic E-state index is -0.0499. The van der Waals surface area contributed by atoms with Gasteiger partial charge in [0.25, 0.3) is 0 Å². The molecule has 1 heterocycles. The number of amides is 1. The van der Waals surface area contributed by atoms with Crippen LogP contribution in [-0.4, -0.2) is 38.3 Å². The van der Waals surface area contributed by atoms with E-state index in [-0.39, 0.29) is 12.0 Å². The highest BCUT2D eigenvalue weighted by Crippen LogP contribution is 2.18. The molecule has 0 bridgehead atoms. The van der Waals surface area contributed by atoms with Gasteiger partial charge in [-0.15, -0.1) is 0 Å². The fourth-order valence-corrected chi connectivity index (χ4v) is 2.88. The van der Waals surface area contributed by atoms with Gasteiger partial charge in [-0.3, -0.25) is 4.79 Å². The second-order valence-electron chi connectivity index (χ2n) is 6.43. The molecule has 1 saturated heterocycles. The van der Waals surface area contributed by atoms with Gasteiger partial charge in [0.15, 0.2) is 0 Å². The van der Waals surface area contributed by atoms with Crippen LogP contribution < -0.4 is 15.4 Å². The number of ether oxygens (including phenoxy) is 2. The van der Waals surface area contributed by atoms with E-state index in [4.69, 9.17) is 9.47 Å². The molecule has 0 aliphatic carbocycles. The van der Waals surface area contributed by atoms with Crippen molar-refractivity contribution in [2.45, 2.75) is 25.4 Å². The summed E-state index contributed by atoms with van der Waals surface area (Å²) in [5, 5.41) is 6.05. The molecule has 5 nitrogen and oxygen atoms in total. The first-order chi connectivity index (χ1) is 12.8. The van der Waals surface area contributed by atoms with Crippen LogP contribution in [0.1, 0.15) is 18.4 Å². The molecule has 0 saturated carbocycles. The monoisotopic (exact) mass is 354 g/mol. The molecule has 1 fully saturated rings. The van der Waals surface area contributed by atoms with Gasteiger partial charge in [-0.2, -0.15) is 0 Å². The molecule has 0 aromatic heterocycles. The summed E-state index contributed by atoms with van der Waals surface area (Å²) >= 11 is 0. The van der Waals surface area contributed by atoms with Gasteiger partial charge in [0, 0.05) is 12.3 Å². The number of anilines is 1. The van der Waals surface area contributed by atoms with Gasteiger partial charge in [-0.25, -0.2) is 0 Å². The molecular formula is C21H26N2O3. The zero-order chi connectivity index (χ0) is 18.0. The number of carbonyl (C=O) groups excluding carboxylic acids is 1. The van der Waals surface area contributed by atoms with Crippen LogP contribution in [-0.2, 0) is 16.0 Å². The van der Waals surface area contributed by atoms with E-state index in [9.17, 15) is 4.79 Å². The molecule has 2 aromatic carbocycles. The normalized spacial score (nSPS) is 16.4. The summed E-state index contributed by atoms with van der Waals surface area (Å²) in [6, 6.07) is 17.7. The molecule has 26 heavy (non-hydrogen) atoms. The Hall–Kier alpha value is -2.37. The summed E-state index contributed by atoms with van der Waals surface area (Å²) in [7, 11) is 0. The third kappa shape index (κ3) is 6.17. The Labute approximate surface area is 154 Å². The summed E-state index contributed by atoms with van der Waals surface area (Å²) in [6.45, 7) is 2.48. The molecule has 0 radical (unpaired) electrons. The Kier molecular flexibility index (Phi) is 7.05. The second kappa shape index (κ2) is 9.94. The molecule has 2 N–H and O–H groups in total. The summed E-state index contributed by atoms with van der Waals surface area (Å²) < 4.78 is 11.3. The molecule has 1 aliphatic rings. The van der Waals surface area contributed by atoms with Crippen LogP contribution in [0, 0.1) is 0 Å². The van der Waals surface area contributed by atoms with E-state index >= 15 is 0 Å². The molecule has 1 amide bonds. The van der Waals surface area contributed by atoms with E-state index in [1.165, 1.54) is 5.56 Å². The van der Waals surface area contributed by atoms with Gasteiger partial charge in [0.2, 0.25) is 5.91 Å². The van der Waals surface area contributed by atoms with Crippen LogP contribution >= 0.6 is 0 Å². The van der Waals surface area contributed by atoms with Crippen molar-refractivity contribution in [3.63, 3.8) is 0 Å². The first-order valence-electron chi connectivity index (χ1n) is 9.18. The fraction of sp³-hybridized carbons (Fsp3) is 0.381. The minimum absolute atomic E-state index is 0.0499. The summed E-state index contributed by atoms with van der Waals surface area (Å²) in [5.74, 6) is 0.741. The third-order valence-electron chi connectivity index (χ3n) is 4.32. The Morgan fingerprint density at radius 1 is 1.12 bits per heavy atom. The predicted molar refractivity (Wildman–Crippen MR) is 103 cm³/mol. The Balaban J connectivity index is 1.33. The third-order valence-corrected chi connectivity index (χ3v) is 4.32. The highest BCUT2D eigenvalue weighted by Gasteiger charge is 2.15. The lowest BCUT2D eigenvalue weighted by Crippen LogP contribution is -2.29. The molecule has 138 valence electrons. The van der Waals surface area contributed by atoms with E-state index in [1.54, 1.807) is 0 Å². The van der Waals surface area contributed by atoms with Gasteiger partial charge < -0.3 is 20.1 Å². The standard InChI is InChI=1S/C21H26N2O3/c24-21(15-22-13-12-17-5-2-1-3-6-17)23-18-8-10-19(11-9-18)26-16-20-7-4-14-25-20/h1-3,5-6,8-11,20,22H,4,7,12-16H2,(H,23,24). The SMILES string of the molecule is O=C(CNCCc1ccccc1)Nc1ccc(OCC2CCCO2)cc1. The maximum atomic E-state index is 12.0. The molecule has 1 aliphatic heterocycles. The summed E-state index contributed by atoms with van der Waals surface area (Å²) in [5.41, 5.74) is 2.03. The maximum absolute atomic E-state index is 12.0. The number of hydrogen-bond donors (Lipinski definition) is 2. The average molecular weight is 354 g/mol. The van der Waals surface area contributed by atoms with Crippen molar-refractivity contribution >= 4 is 11.6 Å². The molecular weight excluding hydrogens is 328 g/mol. The number of benzene rings is 2. The zero-order valence-electron chi connectivity index (χ0n) is 14.9. The van der Waals surface area contributed by atoms with E-state index < -0.39 is 0 Å². The Bertz CT molecular complexity index is 667. The smallest absolute Gasteiger partial charge is 0.238 e. The van der Waals surface area contributed by atoms with Crippen molar-refractivity contribution in [1.82, 2.24) is 5.32 Å². The highest BCUT2D eigenvalue weighted by atomic mass is 16.5. The lowest BCUT2D eigenvalue weighted by molar-refractivity contribution is -0.115. The van der Waals surface area contributed by atoms with Crippen molar-refractivity contribution in [2.75, 3.05) is 31.6 Å². The molecule has 1 atom stereocenters. The largest absolute Gasteiger partial charge is 0.491 e. The lowest BCUT2D eigenvalue weighted by atomic mass is 10.1. The second-order valence-corrected chi connectivity index (χ2v) is 6.43. The molecule has 1 unspecified atom stereocenters. The van der Waals surface area contributed by atoms with Crippen molar-refractivity contribution in [3.8, 4) is 5.75 Å². The predicted octanol–water partition coefficient (Wildman–Crippen LogP) is 3.02. The quantitative estimate of drug-likeness (QED) is 0.680. The number of carbonyl (C=O) groups is 1. The Morgan fingerprint density at radius 3 is 2.65 bits per heavy atom. The van der Waals surface area contributed by atoms with Crippen LogP contribution in [0.15, 0.2) is 54.6 Å². The number of rotatable bonds is 9. The van der Waals surface area contributed by atoms with Crippen molar-refractivity contribution in [2.24, 2.45) is 0 Å². The maximum Gasteiger partial charge on any atom is 0.238 e. The highest BCUT2D eigenvalue weighted by molar-refractivity contribution is 5.92. The van der Waals surface area contributed by atoms with E-state index in [2.05, 4.69) is 22.8 Å². The van der Waals surface area contributed by atoms with E-state index in [0.29, 0.717) is 13.2 Å². The topological polar surface area (TPSA) is 59.6 Å². The van der Waals surface area contributed by atoms with Gasteiger partial charge in [0.05, 0.1) is 12.6 Å². The summed E-state index contributed by atoms with van der Waals surface area (Å²) in [6.07, 6.45) is 3.28. The minimum Gasteiger partial charge on any atom is -0.491 e. The van der Waals surface area contributed by atoms with Crippen LogP contribution in [0.4, 0.5) is 5.69 Å². The van der Waals surface area contributed by atoms with Gasteiger partial charge in [-0.05, 0) is 55.6 Å². The summed E-state index contributed by atoms with van der Waals surface area (Å²) in [4.78, 5) is 12.0. The van der Waals surface area contributed by atoms with E-state index in [1.807, 2.05) is 42.5 Å². The number of nitrogens with one attached hydrogen (secondary N) is 2. The van der Waals surface area contributed by atoms with Crippen LogP contribution in [0.25, 0.3) is 0 Å². The average Bonchev–Trinajstić information content (AvgIpc) is 3.19. The van der Waals surface area contributed by atoms with Crippen molar-refractivity contribution in [1.29, 1.82) is 0 Å². The van der Waals surface area contributed by atoms with Crippen molar-refractivity contribution < 1.29 is 14.3 Å².